The zero-order chi connectivity index (χ0) is 15.7. The van der Waals surface area contributed by atoms with E-state index in [2.05, 4.69) is 4.18 Å². The molecule has 0 aromatic heterocycles. The van der Waals surface area contributed by atoms with Crippen molar-refractivity contribution in [3.8, 4) is 0 Å². The molecule has 2 rings (SSSR count). The molecule has 2 aromatic rings. The van der Waals surface area contributed by atoms with Crippen LogP contribution in [0.2, 0.25) is 0 Å². The van der Waals surface area contributed by atoms with Crippen LogP contribution in [-0.4, -0.2) is 33.7 Å². The van der Waals surface area contributed by atoms with Crippen LogP contribution in [-0.2, 0) is 24.4 Å². The van der Waals surface area contributed by atoms with Crippen LogP contribution in [0, 0.1) is 0 Å². The molecule has 0 aliphatic rings. The van der Waals surface area contributed by atoms with E-state index in [0.717, 1.165) is 0 Å². The molecule has 0 heterocycles. The van der Waals surface area contributed by atoms with Gasteiger partial charge < -0.3 is 5.73 Å². The van der Waals surface area contributed by atoms with E-state index in [1.165, 1.54) is 12.1 Å². The summed E-state index contributed by atoms with van der Waals surface area (Å²) in [4.78, 5) is 0.0336. The van der Waals surface area contributed by atoms with Crippen molar-refractivity contribution in [3.63, 3.8) is 0 Å². The minimum absolute atomic E-state index is 0.0336. The zero-order valence-electron chi connectivity index (χ0n) is 10.8. The topological polar surface area (TPSA) is 124 Å². The molecule has 0 aliphatic heterocycles. The van der Waals surface area contributed by atoms with Gasteiger partial charge in [-0.3, -0.25) is 4.55 Å². The molecular weight excluding hydrogens is 318 g/mol. The van der Waals surface area contributed by atoms with Crippen LogP contribution in [0.25, 0.3) is 10.8 Å². The fraction of sp³-hybridized carbons (Fsp3) is 0.167. The van der Waals surface area contributed by atoms with Gasteiger partial charge in [-0.1, -0.05) is 24.3 Å². The average Bonchev–Trinajstić information content (AvgIpc) is 2.37. The van der Waals surface area contributed by atoms with Crippen molar-refractivity contribution in [2.45, 2.75) is 4.90 Å². The monoisotopic (exact) mass is 331 g/mol. The third-order valence-corrected chi connectivity index (χ3v) is 5.03. The van der Waals surface area contributed by atoms with Crippen molar-refractivity contribution in [3.05, 3.63) is 36.4 Å². The van der Waals surface area contributed by atoms with Gasteiger partial charge in [0.15, 0.2) is 9.84 Å². The number of nitrogens with two attached hydrogens (primary N) is 1. The normalized spacial score (nSPS) is 12.6. The summed E-state index contributed by atoms with van der Waals surface area (Å²) in [6, 6.07) is 9.55. The highest BCUT2D eigenvalue weighted by atomic mass is 32.3. The average molecular weight is 331 g/mol. The highest BCUT2D eigenvalue weighted by Gasteiger charge is 2.19. The molecule has 3 N–H and O–H groups in total. The molecule has 7 nitrogen and oxygen atoms in total. The SMILES string of the molecule is Nc1ccc(S(=O)(=O)CCOS(=O)(=O)O)c2ccccc12. The molecule has 0 radical (unpaired) electrons. The van der Waals surface area contributed by atoms with Gasteiger partial charge in [0.05, 0.1) is 17.3 Å². The van der Waals surface area contributed by atoms with Gasteiger partial charge in [-0.2, -0.15) is 8.42 Å². The molecule has 21 heavy (non-hydrogen) atoms. The fourth-order valence-corrected chi connectivity index (χ4v) is 3.64. The summed E-state index contributed by atoms with van der Waals surface area (Å²) in [5, 5.41) is 1.04. The molecule has 0 amide bonds. The van der Waals surface area contributed by atoms with Gasteiger partial charge in [0.2, 0.25) is 0 Å². The van der Waals surface area contributed by atoms with Crippen LogP contribution < -0.4 is 5.73 Å². The first kappa shape index (κ1) is 15.7. The van der Waals surface area contributed by atoms with Gasteiger partial charge in [0.25, 0.3) is 0 Å². The van der Waals surface area contributed by atoms with Crippen molar-refractivity contribution in [1.82, 2.24) is 0 Å². The van der Waals surface area contributed by atoms with Gasteiger partial charge in [-0.25, -0.2) is 12.6 Å². The smallest absolute Gasteiger partial charge is 0.397 e. The lowest BCUT2D eigenvalue weighted by Crippen LogP contribution is -2.15. The highest BCUT2D eigenvalue weighted by Crippen LogP contribution is 2.28. The Morgan fingerprint density at radius 1 is 1.00 bits per heavy atom. The number of sulfone groups is 1. The van der Waals surface area contributed by atoms with Crippen molar-refractivity contribution in [2.24, 2.45) is 0 Å². The second-order valence-corrected chi connectivity index (χ2v) is 7.44. The van der Waals surface area contributed by atoms with E-state index >= 15 is 0 Å². The molecular formula is C12H13NO6S2. The molecule has 2 aromatic carbocycles. The number of rotatable bonds is 5. The Kier molecular flexibility index (Phi) is 4.19. The van der Waals surface area contributed by atoms with Crippen LogP contribution in [0.5, 0.6) is 0 Å². The maximum absolute atomic E-state index is 12.2. The van der Waals surface area contributed by atoms with Crippen LogP contribution in [0.1, 0.15) is 0 Å². The maximum atomic E-state index is 12.2. The molecule has 0 unspecified atom stereocenters. The van der Waals surface area contributed by atoms with Crippen LogP contribution >= 0.6 is 0 Å². The summed E-state index contributed by atoms with van der Waals surface area (Å²) < 4.78 is 57.8. The number of nitrogen functional groups attached to an aromatic ring is 1. The maximum Gasteiger partial charge on any atom is 0.397 e. The Bertz CT molecular complexity index is 874. The van der Waals surface area contributed by atoms with Gasteiger partial charge >= 0.3 is 10.4 Å². The minimum atomic E-state index is -4.66. The molecule has 0 spiro atoms. The first-order chi connectivity index (χ1) is 9.71. The third-order valence-electron chi connectivity index (χ3n) is 2.84. The Morgan fingerprint density at radius 2 is 1.62 bits per heavy atom. The first-order valence-electron chi connectivity index (χ1n) is 5.82. The van der Waals surface area contributed by atoms with E-state index in [0.29, 0.717) is 16.5 Å². The number of fused-ring (bicyclic) bond motifs is 1. The molecule has 0 saturated heterocycles. The van der Waals surface area contributed by atoms with E-state index in [1.807, 2.05) is 0 Å². The Labute approximate surface area is 122 Å². The molecule has 0 aliphatic carbocycles. The largest absolute Gasteiger partial charge is 0.398 e. The van der Waals surface area contributed by atoms with E-state index in [1.54, 1.807) is 24.3 Å². The second kappa shape index (κ2) is 5.60. The number of hydrogen-bond donors (Lipinski definition) is 2. The van der Waals surface area contributed by atoms with Gasteiger partial charge in [-0.15, -0.1) is 0 Å². The predicted octanol–water partition coefficient (Wildman–Crippen LogP) is 1.02. The summed E-state index contributed by atoms with van der Waals surface area (Å²) in [7, 11) is -8.44. The lowest BCUT2D eigenvalue weighted by molar-refractivity contribution is 0.284. The standard InChI is InChI=1S/C12H13NO6S2/c13-11-5-6-12(10-4-2-1-3-9(10)11)20(14,15)8-7-19-21(16,17)18/h1-6H,7-8,13H2,(H,16,17,18). The zero-order valence-corrected chi connectivity index (χ0v) is 12.4. The molecule has 0 atom stereocenters. The highest BCUT2D eigenvalue weighted by molar-refractivity contribution is 7.91. The van der Waals surface area contributed by atoms with E-state index in [4.69, 9.17) is 10.3 Å². The van der Waals surface area contributed by atoms with E-state index in [-0.39, 0.29) is 4.90 Å². The molecule has 114 valence electrons. The lowest BCUT2D eigenvalue weighted by Gasteiger charge is -2.09. The summed E-state index contributed by atoms with van der Waals surface area (Å²) in [6.07, 6.45) is 0. The summed E-state index contributed by atoms with van der Waals surface area (Å²) >= 11 is 0. The van der Waals surface area contributed by atoms with Crippen molar-refractivity contribution in [2.75, 3.05) is 18.1 Å². The van der Waals surface area contributed by atoms with Crippen LogP contribution in [0.15, 0.2) is 41.3 Å². The van der Waals surface area contributed by atoms with Crippen LogP contribution in [0.4, 0.5) is 5.69 Å². The van der Waals surface area contributed by atoms with Crippen molar-refractivity contribution < 1.29 is 25.6 Å². The molecule has 0 fully saturated rings. The number of benzene rings is 2. The Hall–Kier alpha value is -1.68. The second-order valence-electron chi connectivity index (χ2n) is 4.27. The van der Waals surface area contributed by atoms with Crippen molar-refractivity contribution >= 4 is 36.7 Å². The van der Waals surface area contributed by atoms with E-state index in [9.17, 15) is 16.8 Å². The third kappa shape index (κ3) is 3.70. The summed E-state index contributed by atoms with van der Waals surface area (Å²) in [5.41, 5.74) is 6.24. The molecule has 9 heteroatoms. The van der Waals surface area contributed by atoms with Crippen molar-refractivity contribution in [1.29, 1.82) is 0 Å². The quantitative estimate of drug-likeness (QED) is 0.619. The first-order valence-corrected chi connectivity index (χ1v) is 8.84. The summed E-state index contributed by atoms with van der Waals surface area (Å²) in [5.74, 6) is -0.583. The Morgan fingerprint density at radius 3 is 2.24 bits per heavy atom. The van der Waals surface area contributed by atoms with Gasteiger partial charge in [-0.05, 0) is 12.1 Å². The number of hydrogen-bond acceptors (Lipinski definition) is 6. The number of anilines is 1. The molecule has 0 saturated carbocycles. The van der Waals surface area contributed by atoms with Gasteiger partial charge in [0.1, 0.15) is 0 Å². The fourth-order valence-electron chi connectivity index (χ4n) is 1.92. The molecule has 0 bridgehead atoms. The predicted molar refractivity (Wildman–Crippen MR) is 77.9 cm³/mol. The lowest BCUT2D eigenvalue weighted by atomic mass is 10.1. The van der Waals surface area contributed by atoms with Gasteiger partial charge in [0, 0.05) is 16.5 Å². The van der Waals surface area contributed by atoms with E-state index < -0.39 is 32.6 Å². The van der Waals surface area contributed by atoms with Crippen LogP contribution in [0.3, 0.4) is 0 Å². The summed E-state index contributed by atoms with van der Waals surface area (Å²) in [6.45, 7) is -0.667. The minimum Gasteiger partial charge on any atom is -0.398 e. The Balaban J connectivity index is 2.39.